The summed E-state index contributed by atoms with van der Waals surface area (Å²) < 4.78 is 43.2. The lowest BCUT2D eigenvalue weighted by atomic mass is 10.1. The van der Waals surface area contributed by atoms with E-state index in [0.29, 0.717) is 28.6 Å². The molecule has 0 saturated carbocycles. The van der Waals surface area contributed by atoms with Crippen LogP contribution in [0.2, 0.25) is 0 Å². The number of nitro groups is 1. The maximum atomic E-state index is 12.8. The molecule has 0 atom stereocenters. The summed E-state index contributed by atoms with van der Waals surface area (Å²) in [4.78, 5) is 26.4. The van der Waals surface area contributed by atoms with E-state index in [1.165, 1.54) is 63.8 Å². The number of hydrogen-bond acceptors (Lipinski definition) is 9. The van der Waals surface area contributed by atoms with Gasteiger partial charge in [0.1, 0.15) is 11.2 Å². The Morgan fingerprint density at radius 2 is 1.59 bits per heavy atom. The summed E-state index contributed by atoms with van der Waals surface area (Å²) in [6, 6.07) is 14.7. The minimum absolute atomic E-state index is 0.0321. The fraction of sp³-hybridized carbons (Fsp3) is 0.125. The summed E-state index contributed by atoms with van der Waals surface area (Å²) >= 11 is 0. The molecule has 1 amide bonds. The molecule has 0 unspecified atom stereocenters. The van der Waals surface area contributed by atoms with Crippen molar-refractivity contribution in [1.29, 1.82) is 0 Å². The van der Waals surface area contributed by atoms with Crippen LogP contribution in [0.3, 0.4) is 0 Å². The maximum absolute atomic E-state index is 12.8. The summed E-state index contributed by atoms with van der Waals surface area (Å²) in [5, 5.41) is 15.1. The quantitative estimate of drug-likeness (QED) is 0.216. The van der Waals surface area contributed by atoms with Crippen molar-refractivity contribution in [2.75, 3.05) is 26.6 Å². The van der Waals surface area contributed by atoms with E-state index in [4.69, 9.17) is 14.2 Å². The van der Waals surface area contributed by atoms with Crippen molar-refractivity contribution < 1.29 is 32.3 Å². The number of anilines is 2. The first-order valence-electron chi connectivity index (χ1n) is 10.7. The number of aromatic nitrogens is 1. The maximum Gasteiger partial charge on any atom is 0.293 e. The van der Waals surface area contributed by atoms with Gasteiger partial charge in [0, 0.05) is 35.0 Å². The molecule has 0 bridgehead atoms. The van der Waals surface area contributed by atoms with Crippen molar-refractivity contribution in [2.45, 2.75) is 4.90 Å². The fourth-order valence-electron chi connectivity index (χ4n) is 3.73. The van der Waals surface area contributed by atoms with Crippen LogP contribution in [0.5, 0.6) is 17.2 Å². The zero-order chi connectivity index (χ0) is 26.7. The molecule has 1 heterocycles. The number of non-ortho nitro benzene ring substituents is 1. The third kappa shape index (κ3) is 4.97. The van der Waals surface area contributed by atoms with Crippen LogP contribution in [0, 0.1) is 10.1 Å². The fourth-order valence-corrected chi connectivity index (χ4v) is 4.72. The second-order valence-corrected chi connectivity index (χ2v) is 9.33. The second-order valence-electron chi connectivity index (χ2n) is 7.65. The van der Waals surface area contributed by atoms with Gasteiger partial charge in [-0.1, -0.05) is 18.2 Å². The Morgan fingerprint density at radius 1 is 0.946 bits per heavy atom. The predicted octanol–water partition coefficient (Wildman–Crippen LogP) is 3.96. The number of rotatable bonds is 9. The molecule has 4 rings (SSSR count). The predicted molar refractivity (Wildman–Crippen MR) is 135 cm³/mol. The molecule has 0 aliphatic carbocycles. The second kappa shape index (κ2) is 10.1. The molecule has 0 aliphatic heterocycles. The molecule has 0 spiro atoms. The Balaban J connectivity index is 1.75. The summed E-state index contributed by atoms with van der Waals surface area (Å²) in [5.74, 6) is 0.156. The number of carbonyl (C=O) groups excluding carboxylic acids is 1. The van der Waals surface area contributed by atoms with Crippen LogP contribution in [0.1, 0.15) is 10.5 Å². The number of H-pyrrole nitrogens is 1. The van der Waals surface area contributed by atoms with Gasteiger partial charge < -0.3 is 24.5 Å². The van der Waals surface area contributed by atoms with Crippen molar-refractivity contribution in [3.63, 3.8) is 0 Å². The molecule has 3 N–H and O–H groups in total. The number of carbonyl (C=O) groups is 1. The first-order chi connectivity index (χ1) is 17.7. The Hall–Kier alpha value is -4.78. The molecular formula is C24H22N4O8S. The lowest BCUT2D eigenvalue weighted by Crippen LogP contribution is -2.30. The van der Waals surface area contributed by atoms with Crippen molar-refractivity contribution in [1.82, 2.24) is 9.71 Å². The van der Waals surface area contributed by atoms with Crippen molar-refractivity contribution in [3.8, 4) is 17.2 Å². The van der Waals surface area contributed by atoms with Crippen molar-refractivity contribution in [2.24, 2.45) is 0 Å². The third-order valence-electron chi connectivity index (χ3n) is 5.44. The van der Waals surface area contributed by atoms with Crippen molar-refractivity contribution in [3.05, 3.63) is 76.5 Å². The van der Waals surface area contributed by atoms with Crippen LogP contribution in [0.15, 0.2) is 65.6 Å². The van der Waals surface area contributed by atoms with Gasteiger partial charge in [-0.15, -0.1) is 0 Å². The Labute approximate surface area is 211 Å². The van der Waals surface area contributed by atoms with E-state index in [9.17, 15) is 23.3 Å². The van der Waals surface area contributed by atoms with Gasteiger partial charge >= 0.3 is 0 Å². The van der Waals surface area contributed by atoms with Gasteiger partial charge in [0.25, 0.3) is 21.6 Å². The molecule has 3 aromatic carbocycles. The highest BCUT2D eigenvalue weighted by Crippen LogP contribution is 2.41. The van der Waals surface area contributed by atoms with E-state index >= 15 is 0 Å². The Bertz CT molecular complexity index is 1580. The van der Waals surface area contributed by atoms with Gasteiger partial charge in [0.05, 0.1) is 31.1 Å². The highest BCUT2D eigenvalue weighted by Gasteiger charge is 2.24. The van der Waals surface area contributed by atoms with E-state index in [1.54, 1.807) is 18.2 Å². The number of nitro benzene ring substituents is 1. The SMILES string of the molecule is COc1cc(Nc2ccc([N+](=O)[O-])c3[nH]c(C(=O)NS(=O)(=O)c4ccccc4)cc23)cc(OC)c1OC. The molecule has 37 heavy (non-hydrogen) atoms. The number of aromatic amines is 1. The number of sulfonamides is 1. The van der Waals surface area contributed by atoms with Crippen LogP contribution in [-0.4, -0.2) is 45.6 Å². The number of methoxy groups -OCH3 is 3. The van der Waals surface area contributed by atoms with E-state index in [0.717, 1.165) is 0 Å². The first kappa shape index (κ1) is 25.3. The third-order valence-corrected chi connectivity index (χ3v) is 6.78. The van der Waals surface area contributed by atoms with E-state index in [1.807, 2.05) is 4.72 Å². The van der Waals surface area contributed by atoms with Gasteiger partial charge in [-0.3, -0.25) is 14.9 Å². The molecular weight excluding hydrogens is 504 g/mol. The van der Waals surface area contributed by atoms with Crippen LogP contribution in [-0.2, 0) is 10.0 Å². The molecule has 13 heteroatoms. The Kier molecular flexibility index (Phi) is 6.89. The lowest BCUT2D eigenvalue weighted by molar-refractivity contribution is -0.383. The van der Waals surface area contributed by atoms with Gasteiger partial charge in [0.2, 0.25) is 5.75 Å². The number of nitrogens with zero attached hydrogens (tertiary/aromatic N) is 1. The first-order valence-corrected chi connectivity index (χ1v) is 12.2. The number of ether oxygens (including phenoxy) is 3. The minimum Gasteiger partial charge on any atom is -0.493 e. The number of benzene rings is 3. The number of hydrogen-bond donors (Lipinski definition) is 3. The van der Waals surface area contributed by atoms with Gasteiger partial charge in [0.15, 0.2) is 11.5 Å². The summed E-state index contributed by atoms with van der Waals surface area (Å²) in [6.07, 6.45) is 0. The number of amides is 1. The van der Waals surface area contributed by atoms with Gasteiger partial charge in [-0.2, -0.15) is 0 Å². The lowest BCUT2D eigenvalue weighted by Gasteiger charge is -2.15. The molecule has 1 aromatic heterocycles. The van der Waals surface area contributed by atoms with E-state index < -0.39 is 20.9 Å². The van der Waals surface area contributed by atoms with Crippen LogP contribution < -0.4 is 24.2 Å². The average molecular weight is 527 g/mol. The van der Waals surface area contributed by atoms with Gasteiger partial charge in [-0.25, -0.2) is 13.1 Å². The largest absolute Gasteiger partial charge is 0.493 e. The van der Waals surface area contributed by atoms with Crippen LogP contribution in [0.4, 0.5) is 17.1 Å². The molecule has 0 aliphatic rings. The average Bonchev–Trinajstić information content (AvgIpc) is 3.34. The topological polar surface area (TPSA) is 162 Å². The summed E-state index contributed by atoms with van der Waals surface area (Å²) in [7, 11) is 0.237. The minimum atomic E-state index is -4.16. The van der Waals surface area contributed by atoms with Gasteiger partial charge in [-0.05, 0) is 24.3 Å². The van der Waals surface area contributed by atoms with Crippen LogP contribution in [0.25, 0.3) is 10.9 Å². The monoisotopic (exact) mass is 526 g/mol. The summed E-state index contributed by atoms with van der Waals surface area (Å²) in [6.45, 7) is 0. The highest BCUT2D eigenvalue weighted by atomic mass is 32.2. The molecule has 0 saturated heterocycles. The molecule has 12 nitrogen and oxygen atoms in total. The number of nitrogens with one attached hydrogen (secondary N) is 3. The van der Waals surface area contributed by atoms with Crippen LogP contribution >= 0.6 is 0 Å². The highest BCUT2D eigenvalue weighted by molar-refractivity contribution is 7.90. The zero-order valence-electron chi connectivity index (χ0n) is 19.9. The van der Waals surface area contributed by atoms with E-state index in [-0.39, 0.29) is 27.2 Å². The van der Waals surface area contributed by atoms with Crippen molar-refractivity contribution >= 4 is 43.9 Å². The smallest absolute Gasteiger partial charge is 0.293 e. The molecule has 0 radical (unpaired) electrons. The number of fused-ring (bicyclic) bond motifs is 1. The standard InChI is InChI=1S/C24H22N4O8S/c1-34-20-11-14(12-21(35-2)23(20)36-3)25-17-9-10-19(28(30)31)22-16(17)13-18(26-22)24(29)27-37(32,33)15-7-5-4-6-8-15/h4-13,25-26H,1-3H3,(H,27,29). The zero-order valence-corrected chi connectivity index (χ0v) is 20.7. The summed E-state index contributed by atoms with van der Waals surface area (Å²) in [5.41, 5.74) is 0.455. The van der Waals surface area contributed by atoms with E-state index in [2.05, 4.69) is 10.3 Å². The normalized spacial score (nSPS) is 11.1. The molecule has 192 valence electrons. The molecule has 0 fully saturated rings. The molecule has 4 aromatic rings. The Morgan fingerprint density at radius 3 is 2.16 bits per heavy atom.